The average molecular weight is 409 g/mol. The van der Waals surface area contributed by atoms with Gasteiger partial charge in [-0.15, -0.1) is 0 Å². The molecular weight excluding hydrogens is 382 g/mol. The number of aromatic nitrogens is 1. The molecule has 2 aliphatic rings. The fraction of sp³-hybridized carbons (Fsp3) is 0.435. The summed E-state index contributed by atoms with van der Waals surface area (Å²) in [7, 11) is 1.52. The highest BCUT2D eigenvalue weighted by Crippen LogP contribution is 2.31. The highest BCUT2D eigenvalue weighted by molar-refractivity contribution is 5.78. The predicted octanol–water partition coefficient (Wildman–Crippen LogP) is 1.95. The number of ether oxygens (including phenoxy) is 2. The van der Waals surface area contributed by atoms with Crippen molar-refractivity contribution in [3.63, 3.8) is 0 Å². The van der Waals surface area contributed by atoms with E-state index in [1.165, 1.54) is 7.11 Å². The van der Waals surface area contributed by atoms with Crippen LogP contribution in [0.1, 0.15) is 33.1 Å². The fourth-order valence-corrected chi connectivity index (χ4v) is 3.88. The van der Waals surface area contributed by atoms with Gasteiger partial charge >= 0.3 is 0 Å². The van der Waals surface area contributed by atoms with Gasteiger partial charge in [0.15, 0.2) is 11.5 Å². The van der Waals surface area contributed by atoms with Gasteiger partial charge < -0.3 is 19.9 Å². The Morgan fingerprint density at radius 1 is 1.33 bits per heavy atom. The number of phenols is 1. The molecule has 3 heterocycles. The molecule has 3 atom stereocenters. The highest BCUT2D eigenvalue weighted by atomic mass is 16.5. The molecular formula is C23H27N3O4. The molecule has 0 spiro atoms. The molecule has 4 rings (SSSR count). The number of nitrogens with zero attached hydrogens (tertiary/aromatic N) is 2. The molecule has 0 aliphatic carbocycles. The first-order valence-corrected chi connectivity index (χ1v) is 10.4. The normalized spacial score (nSPS) is 21.1. The van der Waals surface area contributed by atoms with Crippen LogP contribution in [0.3, 0.4) is 0 Å². The number of carbonyl (C=O) groups is 1. The maximum Gasteiger partial charge on any atom is 0.223 e. The van der Waals surface area contributed by atoms with E-state index in [1.54, 1.807) is 18.2 Å². The van der Waals surface area contributed by atoms with Gasteiger partial charge in [-0.3, -0.25) is 9.79 Å². The summed E-state index contributed by atoms with van der Waals surface area (Å²) < 4.78 is 11.5. The zero-order chi connectivity index (χ0) is 21.3. The Labute approximate surface area is 175 Å². The van der Waals surface area contributed by atoms with Crippen molar-refractivity contribution in [1.29, 1.82) is 0 Å². The van der Waals surface area contributed by atoms with Gasteiger partial charge in [0.05, 0.1) is 29.4 Å². The van der Waals surface area contributed by atoms with E-state index < -0.39 is 0 Å². The van der Waals surface area contributed by atoms with Gasteiger partial charge in [-0.25, -0.2) is 4.98 Å². The predicted molar refractivity (Wildman–Crippen MR) is 113 cm³/mol. The molecule has 1 amide bonds. The minimum Gasteiger partial charge on any atom is -0.504 e. The first-order valence-electron chi connectivity index (χ1n) is 10.4. The fourth-order valence-electron chi connectivity index (χ4n) is 3.88. The second-order valence-corrected chi connectivity index (χ2v) is 7.85. The third-order valence-corrected chi connectivity index (χ3v) is 5.83. The molecule has 2 aliphatic heterocycles. The van der Waals surface area contributed by atoms with E-state index in [-0.39, 0.29) is 29.7 Å². The third kappa shape index (κ3) is 3.97. The summed E-state index contributed by atoms with van der Waals surface area (Å²) in [5.41, 5.74) is 1.50. The van der Waals surface area contributed by atoms with Crippen molar-refractivity contribution < 1.29 is 19.4 Å². The molecule has 158 valence electrons. The standard InChI is InChI=1S/C23H27N3O4/c1-4-16-6-7-17-19(25-16)11-18(14-5-8-20(27)21(9-14)29-3)26-23(17)30-13(2)15-10-22(28)24-12-15/h5,7-9,11,13,15-16,27H,4,6,10,12H2,1-3H3,(H,24,28). The zero-order valence-corrected chi connectivity index (χ0v) is 17.5. The van der Waals surface area contributed by atoms with Crippen LogP contribution in [0.25, 0.3) is 17.3 Å². The van der Waals surface area contributed by atoms with E-state index in [2.05, 4.69) is 18.3 Å². The van der Waals surface area contributed by atoms with Crippen molar-refractivity contribution in [2.24, 2.45) is 10.9 Å². The molecule has 1 saturated heterocycles. The molecule has 0 saturated carbocycles. The maximum absolute atomic E-state index is 11.6. The highest BCUT2D eigenvalue weighted by Gasteiger charge is 2.28. The SMILES string of the molecule is CCC1CC=c2c(OC(C)C3CNC(=O)C3)nc(-c3ccc(O)c(OC)c3)cc2=N1. The van der Waals surface area contributed by atoms with E-state index in [0.717, 1.165) is 29.0 Å². The Hall–Kier alpha value is -3.09. The lowest BCUT2D eigenvalue weighted by molar-refractivity contribution is -0.119. The van der Waals surface area contributed by atoms with Crippen LogP contribution < -0.4 is 25.4 Å². The number of fused-ring (bicyclic) bond motifs is 1. The van der Waals surface area contributed by atoms with Crippen LogP contribution in [0, 0.1) is 5.92 Å². The summed E-state index contributed by atoms with van der Waals surface area (Å²) in [6, 6.07) is 7.33. The van der Waals surface area contributed by atoms with Crippen LogP contribution in [-0.4, -0.2) is 41.8 Å². The van der Waals surface area contributed by atoms with Gasteiger partial charge in [0.2, 0.25) is 11.8 Å². The first kappa shape index (κ1) is 20.2. The number of aromatic hydroxyl groups is 1. The van der Waals surface area contributed by atoms with Crippen LogP contribution in [0.2, 0.25) is 0 Å². The number of hydrogen-bond acceptors (Lipinski definition) is 6. The molecule has 1 aromatic carbocycles. The lowest BCUT2D eigenvalue weighted by Crippen LogP contribution is -2.36. The molecule has 1 fully saturated rings. The molecule has 0 radical (unpaired) electrons. The number of amides is 1. The topological polar surface area (TPSA) is 93.0 Å². The van der Waals surface area contributed by atoms with Crippen molar-refractivity contribution >= 4 is 12.0 Å². The van der Waals surface area contributed by atoms with E-state index in [0.29, 0.717) is 30.3 Å². The van der Waals surface area contributed by atoms with Crippen LogP contribution in [-0.2, 0) is 4.79 Å². The van der Waals surface area contributed by atoms with Crippen molar-refractivity contribution in [1.82, 2.24) is 10.3 Å². The number of methoxy groups -OCH3 is 1. The lowest BCUT2D eigenvalue weighted by atomic mass is 10.0. The minimum atomic E-state index is -0.164. The molecule has 3 unspecified atom stereocenters. The van der Waals surface area contributed by atoms with Gasteiger partial charge in [-0.2, -0.15) is 0 Å². The van der Waals surface area contributed by atoms with Crippen LogP contribution >= 0.6 is 0 Å². The van der Waals surface area contributed by atoms with Crippen LogP contribution in [0.5, 0.6) is 17.4 Å². The van der Waals surface area contributed by atoms with Crippen molar-refractivity contribution in [2.45, 2.75) is 45.3 Å². The Balaban J connectivity index is 1.77. The smallest absolute Gasteiger partial charge is 0.223 e. The van der Waals surface area contributed by atoms with Crippen molar-refractivity contribution in [3.8, 4) is 28.6 Å². The summed E-state index contributed by atoms with van der Waals surface area (Å²) in [6.45, 7) is 4.72. The molecule has 1 aromatic heterocycles. The number of benzene rings is 1. The van der Waals surface area contributed by atoms with Crippen molar-refractivity contribution in [2.75, 3.05) is 13.7 Å². The first-order chi connectivity index (χ1) is 14.5. The Bertz CT molecular complexity index is 1080. The second-order valence-electron chi connectivity index (χ2n) is 7.85. The summed E-state index contributed by atoms with van der Waals surface area (Å²) in [4.78, 5) is 21.3. The molecule has 7 nitrogen and oxygen atoms in total. The Morgan fingerprint density at radius 3 is 2.87 bits per heavy atom. The van der Waals surface area contributed by atoms with E-state index in [9.17, 15) is 9.90 Å². The largest absolute Gasteiger partial charge is 0.504 e. The number of hydrogen-bond donors (Lipinski definition) is 2. The molecule has 0 bridgehead atoms. The minimum absolute atomic E-state index is 0.0581. The zero-order valence-electron chi connectivity index (χ0n) is 17.5. The summed E-state index contributed by atoms with van der Waals surface area (Å²) in [5, 5.41) is 14.5. The van der Waals surface area contributed by atoms with Gasteiger partial charge in [0.1, 0.15) is 6.10 Å². The average Bonchev–Trinajstić information content (AvgIpc) is 3.20. The summed E-state index contributed by atoms with van der Waals surface area (Å²) in [6.07, 6.45) is 4.26. The monoisotopic (exact) mass is 409 g/mol. The molecule has 30 heavy (non-hydrogen) atoms. The third-order valence-electron chi connectivity index (χ3n) is 5.83. The van der Waals surface area contributed by atoms with Crippen LogP contribution in [0.15, 0.2) is 29.3 Å². The van der Waals surface area contributed by atoms with E-state index in [4.69, 9.17) is 19.5 Å². The van der Waals surface area contributed by atoms with E-state index in [1.807, 2.05) is 13.0 Å². The van der Waals surface area contributed by atoms with Gasteiger partial charge in [-0.05, 0) is 44.0 Å². The number of phenolic OH excluding ortho intramolecular Hbond substituents is 1. The molecule has 2 aromatic rings. The van der Waals surface area contributed by atoms with Crippen molar-refractivity contribution in [3.05, 3.63) is 34.8 Å². The summed E-state index contributed by atoms with van der Waals surface area (Å²) >= 11 is 0. The molecule has 7 heteroatoms. The number of carbonyl (C=O) groups excluding carboxylic acids is 1. The quantitative estimate of drug-likeness (QED) is 0.761. The van der Waals surface area contributed by atoms with Gasteiger partial charge in [0, 0.05) is 24.4 Å². The number of nitrogens with one attached hydrogen (secondary N) is 1. The van der Waals surface area contributed by atoms with E-state index >= 15 is 0 Å². The Morgan fingerprint density at radius 2 is 2.17 bits per heavy atom. The van der Waals surface area contributed by atoms with Crippen LogP contribution in [0.4, 0.5) is 0 Å². The lowest BCUT2D eigenvalue weighted by Gasteiger charge is -2.21. The number of rotatable bonds is 6. The molecule has 2 N–H and O–H groups in total. The second kappa shape index (κ2) is 8.34. The Kier molecular flexibility index (Phi) is 5.61. The maximum atomic E-state index is 11.6. The number of pyridine rings is 1. The van der Waals surface area contributed by atoms with Gasteiger partial charge in [-0.1, -0.05) is 13.0 Å². The van der Waals surface area contributed by atoms with Gasteiger partial charge in [0.25, 0.3) is 0 Å². The summed E-state index contributed by atoms with van der Waals surface area (Å²) in [5.74, 6) is 1.15.